The van der Waals surface area contributed by atoms with Crippen LogP contribution < -0.4 is 0 Å². The summed E-state index contributed by atoms with van der Waals surface area (Å²) in [5.74, 6) is -1.20. The summed E-state index contributed by atoms with van der Waals surface area (Å²) in [5, 5.41) is 0. The second kappa shape index (κ2) is 5.64. The van der Waals surface area contributed by atoms with Crippen LogP contribution in [-0.2, 0) is 15.9 Å². The van der Waals surface area contributed by atoms with Crippen LogP contribution in [0.3, 0.4) is 0 Å². The van der Waals surface area contributed by atoms with E-state index in [1.165, 1.54) is 6.07 Å². The van der Waals surface area contributed by atoms with Gasteiger partial charge in [-0.25, -0.2) is 12.8 Å². The average Bonchev–Trinajstić information content (AvgIpc) is 2.27. The third-order valence-electron chi connectivity index (χ3n) is 2.24. The maximum Gasteiger partial charge on any atom is 0.402 e. The van der Waals surface area contributed by atoms with Gasteiger partial charge in [-0.2, -0.15) is 17.5 Å². The van der Waals surface area contributed by atoms with Crippen LogP contribution in [0, 0.1) is 5.82 Å². The number of rotatable bonds is 4. The predicted molar refractivity (Wildman–Crippen MR) is 61.8 cm³/mol. The predicted octanol–water partition coefficient (Wildman–Crippen LogP) is 2.75. The molecule has 0 N–H and O–H groups in total. The third kappa shape index (κ3) is 4.05. The van der Waals surface area contributed by atoms with Crippen molar-refractivity contribution < 1.29 is 26.0 Å². The number of alkyl halides is 4. The van der Waals surface area contributed by atoms with E-state index in [2.05, 4.69) is 0 Å². The molecule has 0 atom stereocenters. The van der Waals surface area contributed by atoms with Crippen LogP contribution in [0.2, 0.25) is 0 Å². The van der Waals surface area contributed by atoms with Crippen LogP contribution in [0.15, 0.2) is 23.1 Å². The van der Waals surface area contributed by atoms with Gasteiger partial charge in [-0.05, 0) is 17.7 Å². The van der Waals surface area contributed by atoms with E-state index >= 15 is 0 Å². The van der Waals surface area contributed by atoms with Crippen LogP contribution in [0.25, 0.3) is 0 Å². The van der Waals surface area contributed by atoms with E-state index in [-0.39, 0.29) is 10.2 Å². The first-order valence-electron chi connectivity index (χ1n) is 4.95. The summed E-state index contributed by atoms with van der Waals surface area (Å²) < 4.78 is 73.7. The fraction of sp³-hybridized carbons (Fsp3) is 0.400. The molecule has 1 aromatic rings. The van der Waals surface area contributed by atoms with Gasteiger partial charge in [0.15, 0.2) is 0 Å². The Morgan fingerprint density at radius 3 is 2.37 bits per heavy atom. The van der Waals surface area contributed by atoms with Crippen LogP contribution in [0.4, 0.5) is 17.6 Å². The molecule has 3 nitrogen and oxygen atoms in total. The van der Waals surface area contributed by atoms with Crippen LogP contribution in [-0.4, -0.2) is 32.5 Å². The van der Waals surface area contributed by atoms with Crippen molar-refractivity contribution in [1.82, 2.24) is 4.31 Å². The lowest BCUT2D eigenvalue weighted by molar-refractivity contribution is -0.134. The van der Waals surface area contributed by atoms with Gasteiger partial charge in [-0.1, -0.05) is 6.07 Å². The van der Waals surface area contributed by atoms with Crippen LogP contribution in [0.5, 0.6) is 0 Å². The number of nitrogens with zero attached hydrogens (tertiary/aromatic N) is 1. The minimum atomic E-state index is -4.71. The lowest BCUT2D eigenvalue weighted by atomic mass is 10.2. The van der Waals surface area contributed by atoms with E-state index in [0.29, 0.717) is 5.56 Å². The standard InChI is InChI=1S/C10H10ClF4NO2S/c1-16(6-10(13,14)15)19(17,18)9-4-7(5-11)2-3-8(9)12/h2-4H,5-6H2,1H3. The SMILES string of the molecule is CN(CC(F)(F)F)S(=O)(=O)c1cc(CCl)ccc1F. The van der Waals surface area contributed by atoms with Gasteiger partial charge in [0.25, 0.3) is 0 Å². The van der Waals surface area contributed by atoms with Gasteiger partial charge < -0.3 is 0 Å². The molecule has 0 aliphatic heterocycles. The van der Waals surface area contributed by atoms with E-state index in [1.54, 1.807) is 0 Å². The average molecular weight is 320 g/mol. The lowest BCUT2D eigenvalue weighted by Gasteiger charge is -2.19. The van der Waals surface area contributed by atoms with Gasteiger partial charge in [0.05, 0.1) is 0 Å². The van der Waals surface area contributed by atoms with Crippen LogP contribution in [0.1, 0.15) is 5.56 Å². The Morgan fingerprint density at radius 2 is 1.89 bits per heavy atom. The largest absolute Gasteiger partial charge is 0.402 e. The maximum absolute atomic E-state index is 13.5. The molecule has 0 fully saturated rings. The number of hydrogen-bond donors (Lipinski definition) is 0. The molecule has 0 aliphatic carbocycles. The van der Waals surface area contributed by atoms with Crippen molar-refractivity contribution in [3.8, 4) is 0 Å². The molecule has 0 radical (unpaired) electrons. The highest BCUT2D eigenvalue weighted by molar-refractivity contribution is 7.89. The second-order valence-electron chi connectivity index (χ2n) is 3.77. The molecule has 9 heteroatoms. The van der Waals surface area contributed by atoms with Crippen LogP contribution >= 0.6 is 11.6 Å². The van der Waals surface area contributed by atoms with Gasteiger partial charge in [-0.3, -0.25) is 0 Å². The minimum absolute atomic E-state index is 0.0451. The molecule has 0 saturated heterocycles. The van der Waals surface area contributed by atoms with E-state index in [1.807, 2.05) is 0 Å². The summed E-state index contributed by atoms with van der Waals surface area (Å²) in [4.78, 5) is -0.822. The zero-order chi connectivity index (χ0) is 14.8. The zero-order valence-corrected chi connectivity index (χ0v) is 11.3. The van der Waals surface area contributed by atoms with Crippen molar-refractivity contribution in [2.45, 2.75) is 17.0 Å². The summed E-state index contributed by atoms with van der Waals surface area (Å²) in [6.07, 6.45) is -4.71. The monoisotopic (exact) mass is 319 g/mol. The van der Waals surface area contributed by atoms with Crippen molar-refractivity contribution in [1.29, 1.82) is 0 Å². The summed E-state index contributed by atoms with van der Waals surface area (Å²) in [7, 11) is -3.82. The highest BCUT2D eigenvalue weighted by Crippen LogP contribution is 2.24. The van der Waals surface area contributed by atoms with Crippen molar-refractivity contribution in [3.63, 3.8) is 0 Å². The molecule has 0 aliphatic rings. The van der Waals surface area contributed by atoms with Gasteiger partial charge in [0, 0.05) is 12.9 Å². The number of hydrogen-bond acceptors (Lipinski definition) is 2. The number of benzene rings is 1. The van der Waals surface area contributed by atoms with E-state index in [0.717, 1.165) is 19.2 Å². The molecule has 0 saturated carbocycles. The first kappa shape index (κ1) is 16.2. The van der Waals surface area contributed by atoms with Gasteiger partial charge in [0.1, 0.15) is 17.3 Å². The molecular weight excluding hydrogens is 310 g/mol. The summed E-state index contributed by atoms with van der Waals surface area (Å²) >= 11 is 5.48. The molecule has 0 amide bonds. The molecule has 0 heterocycles. The fourth-order valence-corrected chi connectivity index (χ4v) is 2.77. The van der Waals surface area contributed by atoms with Gasteiger partial charge in [-0.15, -0.1) is 11.6 Å². The second-order valence-corrected chi connectivity index (χ2v) is 6.06. The highest BCUT2D eigenvalue weighted by atomic mass is 35.5. The Labute approximate surface area is 112 Å². The molecule has 0 aromatic heterocycles. The topological polar surface area (TPSA) is 37.4 Å². The Morgan fingerprint density at radius 1 is 1.32 bits per heavy atom. The molecule has 1 aromatic carbocycles. The Balaban J connectivity index is 3.20. The number of sulfonamides is 1. The van der Waals surface area contributed by atoms with Crippen molar-refractivity contribution in [3.05, 3.63) is 29.6 Å². The summed E-state index contributed by atoms with van der Waals surface area (Å²) in [6.45, 7) is -1.69. The Hall–Kier alpha value is -0.860. The zero-order valence-electron chi connectivity index (χ0n) is 9.71. The maximum atomic E-state index is 13.5. The molecule has 1 rings (SSSR count). The summed E-state index contributed by atoms with van der Waals surface area (Å²) in [5.41, 5.74) is 0.294. The third-order valence-corrected chi connectivity index (χ3v) is 4.37. The molecule has 0 unspecified atom stereocenters. The molecular formula is C10H10ClF4NO2S. The molecule has 19 heavy (non-hydrogen) atoms. The van der Waals surface area contributed by atoms with Gasteiger partial charge >= 0.3 is 6.18 Å². The summed E-state index contributed by atoms with van der Waals surface area (Å²) in [6, 6.07) is 3.03. The van der Waals surface area contributed by atoms with E-state index < -0.39 is 33.5 Å². The Bertz CT molecular complexity index is 559. The minimum Gasteiger partial charge on any atom is -0.207 e. The smallest absolute Gasteiger partial charge is 0.207 e. The van der Waals surface area contributed by atoms with E-state index in [4.69, 9.17) is 11.6 Å². The Kier molecular flexibility index (Phi) is 4.81. The first-order valence-corrected chi connectivity index (χ1v) is 6.93. The van der Waals surface area contributed by atoms with Crippen molar-refractivity contribution in [2.24, 2.45) is 0 Å². The molecule has 108 valence electrons. The normalized spacial score (nSPS) is 13.0. The quantitative estimate of drug-likeness (QED) is 0.632. The first-order chi connectivity index (χ1) is 8.58. The lowest BCUT2D eigenvalue weighted by Crippen LogP contribution is -2.36. The van der Waals surface area contributed by atoms with E-state index in [9.17, 15) is 26.0 Å². The van der Waals surface area contributed by atoms with Crippen molar-refractivity contribution in [2.75, 3.05) is 13.6 Å². The fourth-order valence-electron chi connectivity index (χ4n) is 1.33. The molecule has 0 bridgehead atoms. The van der Waals surface area contributed by atoms with Crippen molar-refractivity contribution >= 4 is 21.6 Å². The number of halogens is 5. The van der Waals surface area contributed by atoms with Gasteiger partial charge in [0.2, 0.25) is 10.0 Å². The molecule has 0 spiro atoms. The highest BCUT2D eigenvalue weighted by Gasteiger charge is 2.35.